The minimum atomic E-state index is -0.182. The summed E-state index contributed by atoms with van der Waals surface area (Å²) in [5, 5.41) is 12.1. The molecule has 3 heteroatoms. The van der Waals surface area contributed by atoms with Crippen molar-refractivity contribution in [2.75, 3.05) is 5.32 Å². The van der Waals surface area contributed by atoms with Gasteiger partial charge in [-0.2, -0.15) is 0 Å². The van der Waals surface area contributed by atoms with E-state index in [4.69, 9.17) is 0 Å². The van der Waals surface area contributed by atoms with E-state index >= 15 is 0 Å². The zero-order valence-corrected chi connectivity index (χ0v) is 9.16. The Balaban J connectivity index is 2.78. The summed E-state index contributed by atoms with van der Waals surface area (Å²) in [7, 11) is 0. The predicted molar refractivity (Wildman–Crippen MR) is 60.9 cm³/mol. The molecule has 0 aromatic heterocycles. The van der Waals surface area contributed by atoms with Gasteiger partial charge in [-0.1, -0.05) is 11.6 Å². The second kappa shape index (κ2) is 4.64. The Labute approximate surface area is 89.4 Å². The average Bonchev–Trinajstić information content (AvgIpc) is 2.10. The smallest absolute Gasteiger partial charge is 0.248 e. The molecule has 0 heterocycles. The van der Waals surface area contributed by atoms with E-state index in [0.29, 0.717) is 5.69 Å². The van der Waals surface area contributed by atoms with Gasteiger partial charge in [0, 0.05) is 17.8 Å². The number of nitrogens with one attached hydrogen (secondary N) is 1. The molecule has 1 aromatic rings. The lowest BCUT2D eigenvalue weighted by atomic mass is 10.2. The maximum absolute atomic E-state index is 11.3. The van der Waals surface area contributed by atoms with Crippen molar-refractivity contribution in [2.24, 2.45) is 0 Å². The minimum absolute atomic E-state index is 0.182. The second-order valence-electron chi connectivity index (χ2n) is 3.71. The zero-order chi connectivity index (χ0) is 11.4. The van der Waals surface area contributed by atoms with Crippen LogP contribution in [0.15, 0.2) is 29.8 Å². The third-order valence-corrected chi connectivity index (χ3v) is 1.90. The number of aryl methyl sites for hydroxylation is 1. The number of allylic oxidation sites excluding steroid dienone is 1. The van der Waals surface area contributed by atoms with E-state index in [1.165, 1.54) is 12.1 Å². The van der Waals surface area contributed by atoms with Gasteiger partial charge in [-0.15, -0.1) is 0 Å². The van der Waals surface area contributed by atoms with Gasteiger partial charge >= 0.3 is 0 Å². The molecule has 0 radical (unpaired) electrons. The molecule has 2 N–H and O–H groups in total. The molecule has 0 aliphatic carbocycles. The minimum Gasteiger partial charge on any atom is -0.508 e. The number of phenols is 1. The van der Waals surface area contributed by atoms with Crippen LogP contribution in [0.2, 0.25) is 0 Å². The van der Waals surface area contributed by atoms with Crippen LogP contribution in [0.5, 0.6) is 5.75 Å². The van der Waals surface area contributed by atoms with E-state index in [-0.39, 0.29) is 11.7 Å². The van der Waals surface area contributed by atoms with Gasteiger partial charge < -0.3 is 10.4 Å². The number of aromatic hydroxyl groups is 1. The van der Waals surface area contributed by atoms with Crippen LogP contribution >= 0.6 is 0 Å². The number of rotatable bonds is 2. The SMILES string of the molecule is CC(C)=CC(=O)Nc1ccc(C)c(O)c1. The summed E-state index contributed by atoms with van der Waals surface area (Å²) in [6, 6.07) is 5.05. The van der Waals surface area contributed by atoms with Crippen LogP contribution in [0.1, 0.15) is 19.4 Å². The maximum atomic E-state index is 11.3. The van der Waals surface area contributed by atoms with Gasteiger partial charge in [0.2, 0.25) is 5.91 Å². The van der Waals surface area contributed by atoms with Gasteiger partial charge in [0.15, 0.2) is 0 Å². The van der Waals surface area contributed by atoms with Crippen molar-refractivity contribution in [1.29, 1.82) is 0 Å². The molecule has 15 heavy (non-hydrogen) atoms. The third-order valence-electron chi connectivity index (χ3n) is 1.90. The van der Waals surface area contributed by atoms with E-state index in [0.717, 1.165) is 11.1 Å². The summed E-state index contributed by atoms with van der Waals surface area (Å²) in [6.07, 6.45) is 1.51. The van der Waals surface area contributed by atoms with Gasteiger partial charge in [-0.3, -0.25) is 4.79 Å². The van der Waals surface area contributed by atoms with Crippen molar-refractivity contribution in [3.8, 4) is 5.75 Å². The van der Waals surface area contributed by atoms with Crippen LogP contribution in [0.25, 0.3) is 0 Å². The number of amides is 1. The zero-order valence-electron chi connectivity index (χ0n) is 9.16. The molecule has 0 unspecified atom stereocenters. The van der Waals surface area contributed by atoms with E-state index in [9.17, 15) is 9.90 Å². The monoisotopic (exact) mass is 205 g/mol. The van der Waals surface area contributed by atoms with Crippen molar-refractivity contribution in [3.63, 3.8) is 0 Å². The summed E-state index contributed by atoms with van der Waals surface area (Å²) >= 11 is 0. The highest BCUT2D eigenvalue weighted by Gasteiger charge is 2.01. The maximum Gasteiger partial charge on any atom is 0.248 e. The topological polar surface area (TPSA) is 49.3 Å². The first kappa shape index (κ1) is 11.3. The fourth-order valence-corrected chi connectivity index (χ4v) is 1.13. The molecule has 80 valence electrons. The van der Waals surface area contributed by atoms with Crippen LogP contribution < -0.4 is 5.32 Å². The van der Waals surface area contributed by atoms with E-state index in [1.807, 2.05) is 13.8 Å². The molecule has 0 fully saturated rings. The molecule has 1 aromatic carbocycles. The standard InChI is InChI=1S/C12H15NO2/c1-8(2)6-12(15)13-10-5-4-9(3)11(14)7-10/h4-7,14H,1-3H3,(H,13,15). The first-order chi connectivity index (χ1) is 6.99. The normalized spacial score (nSPS) is 9.53. The lowest BCUT2D eigenvalue weighted by Crippen LogP contribution is -2.08. The number of carbonyl (C=O) groups is 1. The molecule has 0 aliphatic heterocycles. The first-order valence-electron chi connectivity index (χ1n) is 4.74. The summed E-state index contributed by atoms with van der Waals surface area (Å²) < 4.78 is 0. The van der Waals surface area contributed by atoms with Gasteiger partial charge in [0.1, 0.15) is 5.75 Å². The molecule has 1 amide bonds. The van der Waals surface area contributed by atoms with Gasteiger partial charge in [0.05, 0.1) is 0 Å². The van der Waals surface area contributed by atoms with Crippen molar-refractivity contribution in [3.05, 3.63) is 35.4 Å². The van der Waals surface area contributed by atoms with Crippen LogP contribution in [0.3, 0.4) is 0 Å². The van der Waals surface area contributed by atoms with Crippen molar-refractivity contribution in [1.82, 2.24) is 0 Å². The molecule has 0 saturated carbocycles. The molecular formula is C12H15NO2. The molecule has 3 nitrogen and oxygen atoms in total. The van der Waals surface area contributed by atoms with E-state index in [1.54, 1.807) is 19.1 Å². The highest BCUT2D eigenvalue weighted by molar-refractivity contribution is 5.99. The fourth-order valence-electron chi connectivity index (χ4n) is 1.13. The molecule has 1 rings (SSSR count). The summed E-state index contributed by atoms with van der Waals surface area (Å²) in [6.45, 7) is 5.51. The Hall–Kier alpha value is -1.77. The number of benzene rings is 1. The predicted octanol–water partition coefficient (Wildman–Crippen LogP) is 2.61. The molecular weight excluding hydrogens is 190 g/mol. The summed E-state index contributed by atoms with van der Waals surface area (Å²) in [5.74, 6) is 0.00301. The van der Waals surface area contributed by atoms with Crippen molar-refractivity contribution >= 4 is 11.6 Å². The Bertz CT molecular complexity index is 404. The fraction of sp³-hybridized carbons (Fsp3) is 0.250. The van der Waals surface area contributed by atoms with Crippen LogP contribution in [-0.2, 0) is 4.79 Å². The number of hydrogen-bond acceptors (Lipinski definition) is 2. The molecule has 0 aliphatic rings. The quantitative estimate of drug-likeness (QED) is 0.729. The number of phenolic OH excluding ortho intramolecular Hbond substituents is 1. The Morgan fingerprint density at radius 2 is 2.07 bits per heavy atom. The summed E-state index contributed by atoms with van der Waals surface area (Å²) in [5.41, 5.74) is 2.32. The molecule has 0 bridgehead atoms. The lowest BCUT2D eigenvalue weighted by molar-refractivity contribution is -0.111. The first-order valence-corrected chi connectivity index (χ1v) is 4.74. The van der Waals surface area contributed by atoms with Crippen molar-refractivity contribution < 1.29 is 9.90 Å². The van der Waals surface area contributed by atoms with Crippen LogP contribution in [0, 0.1) is 6.92 Å². The van der Waals surface area contributed by atoms with Crippen LogP contribution in [-0.4, -0.2) is 11.0 Å². The second-order valence-corrected chi connectivity index (χ2v) is 3.71. The van der Waals surface area contributed by atoms with Crippen LogP contribution in [0.4, 0.5) is 5.69 Å². The Morgan fingerprint density at radius 1 is 1.40 bits per heavy atom. The van der Waals surface area contributed by atoms with Gasteiger partial charge in [0.25, 0.3) is 0 Å². The molecule has 0 spiro atoms. The number of hydrogen-bond donors (Lipinski definition) is 2. The van der Waals surface area contributed by atoms with Crippen molar-refractivity contribution in [2.45, 2.75) is 20.8 Å². The lowest BCUT2D eigenvalue weighted by Gasteiger charge is -2.04. The van der Waals surface area contributed by atoms with Gasteiger partial charge in [-0.05, 0) is 32.4 Å². The highest BCUT2D eigenvalue weighted by Crippen LogP contribution is 2.20. The largest absolute Gasteiger partial charge is 0.508 e. The highest BCUT2D eigenvalue weighted by atomic mass is 16.3. The summed E-state index contributed by atoms with van der Waals surface area (Å²) in [4.78, 5) is 11.3. The third kappa shape index (κ3) is 3.46. The van der Waals surface area contributed by atoms with Gasteiger partial charge in [-0.25, -0.2) is 0 Å². The van der Waals surface area contributed by atoms with E-state index < -0.39 is 0 Å². The average molecular weight is 205 g/mol. The Morgan fingerprint density at radius 3 is 2.60 bits per heavy atom. The van der Waals surface area contributed by atoms with E-state index in [2.05, 4.69) is 5.32 Å². The number of carbonyl (C=O) groups excluding carboxylic acids is 1. The molecule has 0 atom stereocenters. The molecule has 0 saturated heterocycles. The number of anilines is 1. The Kier molecular flexibility index (Phi) is 3.50.